The van der Waals surface area contributed by atoms with Crippen LogP contribution in [-0.4, -0.2) is 58.1 Å². The number of aromatic nitrogens is 2. The Hall–Kier alpha value is -2.73. The average molecular weight is 433 g/mol. The van der Waals surface area contributed by atoms with Gasteiger partial charge in [-0.1, -0.05) is 6.07 Å². The Morgan fingerprint density at radius 1 is 1.21 bits per heavy atom. The van der Waals surface area contributed by atoms with Gasteiger partial charge in [0, 0.05) is 42.4 Å². The minimum Gasteiger partial charge on any atom is -0.476 e. The number of rotatable bonds is 5. The van der Waals surface area contributed by atoms with Crippen LogP contribution < -0.4 is 5.32 Å². The maximum Gasteiger partial charge on any atom is 0.490 e. The molecule has 1 aliphatic heterocycles. The molecular formula is C17H18F3N3O5S. The number of nitrogens with zero attached hydrogens (tertiary/aromatic N) is 2. The van der Waals surface area contributed by atoms with Crippen molar-refractivity contribution in [2.45, 2.75) is 24.4 Å². The minimum absolute atomic E-state index is 0.0420. The number of hydrogen-bond acceptors (Lipinski definition) is 7. The lowest BCUT2D eigenvalue weighted by molar-refractivity contribution is -0.192. The second-order valence-electron chi connectivity index (χ2n) is 6.09. The van der Waals surface area contributed by atoms with Gasteiger partial charge in [-0.3, -0.25) is 0 Å². The van der Waals surface area contributed by atoms with Crippen LogP contribution >= 0.6 is 11.3 Å². The maximum absolute atomic E-state index is 11.2. The zero-order valence-electron chi connectivity index (χ0n) is 15.0. The molecule has 0 atom stereocenters. The van der Waals surface area contributed by atoms with Crippen molar-refractivity contribution in [1.29, 1.82) is 0 Å². The summed E-state index contributed by atoms with van der Waals surface area (Å²) in [6, 6.07) is 4.18. The first kappa shape index (κ1) is 22.6. The van der Waals surface area contributed by atoms with Gasteiger partial charge < -0.3 is 20.3 Å². The molecule has 2 aromatic rings. The lowest BCUT2D eigenvalue weighted by Gasteiger charge is -2.36. The van der Waals surface area contributed by atoms with Crippen molar-refractivity contribution in [1.82, 2.24) is 9.97 Å². The highest BCUT2D eigenvalue weighted by Crippen LogP contribution is 2.37. The SMILES string of the molecule is O=C(O)C(F)(F)F.O=C(O)c1nccnc1NCC1(c2cccs2)CCOCC1. The molecular weight excluding hydrogens is 415 g/mol. The molecule has 0 saturated carbocycles. The van der Waals surface area contributed by atoms with E-state index < -0.39 is 18.1 Å². The zero-order chi connectivity index (χ0) is 21.5. The third kappa shape index (κ3) is 6.12. The van der Waals surface area contributed by atoms with E-state index >= 15 is 0 Å². The molecule has 0 bridgehead atoms. The van der Waals surface area contributed by atoms with Gasteiger partial charge in [-0.2, -0.15) is 13.2 Å². The van der Waals surface area contributed by atoms with Crippen LogP contribution in [0.3, 0.4) is 0 Å². The van der Waals surface area contributed by atoms with E-state index in [4.69, 9.17) is 14.6 Å². The lowest BCUT2D eigenvalue weighted by Crippen LogP contribution is -2.39. The summed E-state index contributed by atoms with van der Waals surface area (Å²) in [6.07, 6.45) is -0.388. The van der Waals surface area contributed by atoms with Crippen LogP contribution in [0.15, 0.2) is 29.9 Å². The quantitative estimate of drug-likeness (QED) is 0.658. The summed E-state index contributed by atoms with van der Waals surface area (Å²) >= 11 is 1.73. The second-order valence-corrected chi connectivity index (χ2v) is 7.03. The number of hydrogen-bond donors (Lipinski definition) is 3. The van der Waals surface area contributed by atoms with E-state index in [0.717, 1.165) is 12.8 Å². The summed E-state index contributed by atoms with van der Waals surface area (Å²) in [5.41, 5.74) is -0.0874. The molecule has 1 aliphatic rings. The van der Waals surface area contributed by atoms with Crippen LogP contribution in [0.4, 0.5) is 19.0 Å². The zero-order valence-corrected chi connectivity index (χ0v) is 15.8. The molecule has 3 N–H and O–H groups in total. The number of halogens is 3. The third-order valence-electron chi connectivity index (χ3n) is 4.23. The smallest absolute Gasteiger partial charge is 0.476 e. The van der Waals surface area contributed by atoms with Crippen molar-refractivity contribution in [3.8, 4) is 0 Å². The van der Waals surface area contributed by atoms with Crippen LogP contribution in [0.1, 0.15) is 28.2 Å². The van der Waals surface area contributed by atoms with Crippen LogP contribution in [-0.2, 0) is 14.9 Å². The maximum atomic E-state index is 11.2. The van der Waals surface area contributed by atoms with E-state index in [1.807, 2.05) is 6.07 Å². The summed E-state index contributed by atoms with van der Waals surface area (Å²) in [5.74, 6) is -3.52. The fourth-order valence-corrected chi connectivity index (χ4v) is 3.72. The first-order chi connectivity index (χ1) is 13.7. The molecule has 8 nitrogen and oxygen atoms in total. The molecule has 0 radical (unpaired) electrons. The number of aromatic carboxylic acids is 1. The average Bonchev–Trinajstić information content (AvgIpc) is 3.22. The van der Waals surface area contributed by atoms with E-state index in [2.05, 4.69) is 26.7 Å². The van der Waals surface area contributed by atoms with Gasteiger partial charge in [-0.05, 0) is 24.3 Å². The third-order valence-corrected chi connectivity index (χ3v) is 5.35. The van der Waals surface area contributed by atoms with Crippen LogP contribution in [0.2, 0.25) is 0 Å². The number of aliphatic carboxylic acids is 1. The number of nitrogens with one attached hydrogen (secondary N) is 1. The summed E-state index contributed by atoms with van der Waals surface area (Å²) < 4.78 is 37.2. The van der Waals surface area contributed by atoms with E-state index in [1.165, 1.54) is 17.3 Å². The number of anilines is 1. The number of carboxylic acids is 2. The standard InChI is InChI=1S/C15H17N3O3S.C2HF3O2/c19-14(20)12-13(17-6-5-16-12)18-10-15(3-7-21-8-4-15)11-2-1-9-22-11;3-2(4,5)1(6)7/h1-2,5-6,9H,3-4,7-8,10H2,(H,17,18)(H,19,20);(H,6,7). The molecule has 12 heteroatoms. The van der Waals surface area contributed by atoms with E-state index in [-0.39, 0.29) is 11.1 Å². The molecule has 1 fully saturated rings. The fraction of sp³-hybridized carbons (Fsp3) is 0.412. The Morgan fingerprint density at radius 3 is 2.34 bits per heavy atom. The van der Waals surface area contributed by atoms with Crippen molar-refractivity contribution in [2.24, 2.45) is 0 Å². The highest BCUT2D eigenvalue weighted by atomic mass is 32.1. The summed E-state index contributed by atoms with van der Waals surface area (Å²) in [4.78, 5) is 29.4. The molecule has 0 unspecified atom stereocenters. The molecule has 2 aromatic heterocycles. The van der Waals surface area contributed by atoms with Crippen molar-refractivity contribution < 1.29 is 37.7 Å². The number of carbonyl (C=O) groups is 2. The second kappa shape index (κ2) is 9.65. The molecule has 0 aliphatic carbocycles. The number of carboxylic acid groups (broad SMARTS) is 2. The predicted octanol–water partition coefficient (Wildman–Crippen LogP) is 3.03. The van der Waals surface area contributed by atoms with Crippen molar-refractivity contribution in [3.63, 3.8) is 0 Å². The minimum atomic E-state index is -5.08. The first-order valence-electron chi connectivity index (χ1n) is 8.36. The molecule has 3 rings (SSSR count). The van der Waals surface area contributed by atoms with Crippen molar-refractivity contribution in [2.75, 3.05) is 25.1 Å². The van der Waals surface area contributed by atoms with Gasteiger partial charge in [0.1, 0.15) is 0 Å². The van der Waals surface area contributed by atoms with Crippen LogP contribution in [0.25, 0.3) is 0 Å². The van der Waals surface area contributed by atoms with Gasteiger partial charge in [0.2, 0.25) is 0 Å². The molecule has 3 heterocycles. The lowest BCUT2D eigenvalue weighted by atomic mass is 9.78. The Kier molecular flexibility index (Phi) is 7.51. The normalized spacial score (nSPS) is 15.7. The van der Waals surface area contributed by atoms with Gasteiger partial charge in [0.05, 0.1) is 0 Å². The topological polar surface area (TPSA) is 122 Å². The summed E-state index contributed by atoms with van der Waals surface area (Å²) in [7, 11) is 0. The molecule has 0 amide bonds. The van der Waals surface area contributed by atoms with E-state index in [1.54, 1.807) is 11.3 Å². The number of alkyl halides is 3. The molecule has 29 heavy (non-hydrogen) atoms. The van der Waals surface area contributed by atoms with Gasteiger partial charge in [0.25, 0.3) is 0 Å². The molecule has 1 saturated heterocycles. The van der Waals surface area contributed by atoms with Crippen LogP contribution in [0, 0.1) is 0 Å². The number of thiophene rings is 1. The van der Waals surface area contributed by atoms with Gasteiger partial charge in [-0.25, -0.2) is 19.6 Å². The monoisotopic (exact) mass is 433 g/mol. The summed E-state index contributed by atoms with van der Waals surface area (Å²) in [5, 5.41) is 21.6. The number of ether oxygens (including phenoxy) is 1. The van der Waals surface area contributed by atoms with Crippen molar-refractivity contribution >= 4 is 29.1 Å². The van der Waals surface area contributed by atoms with Crippen LogP contribution in [0.5, 0.6) is 0 Å². The Bertz CT molecular complexity index is 824. The molecule has 0 aromatic carbocycles. The highest BCUT2D eigenvalue weighted by molar-refractivity contribution is 7.10. The largest absolute Gasteiger partial charge is 0.490 e. The van der Waals surface area contributed by atoms with Gasteiger partial charge in [-0.15, -0.1) is 11.3 Å². The fourth-order valence-electron chi connectivity index (χ4n) is 2.73. The highest BCUT2D eigenvalue weighted by Gasteiger charge is 2.38. The summed E-state index contributed by atoms with van der Waals surface area (Å²) in [6.45, 7) is 2.05. The molecule has 0 spiro atoms. The van der Waals surface area contributed by atoms with Crippen molar-refractivity contribution in [3.05, 3.63) is 40.5 Å². The first-order valence-corrected chi connectivity index (χ1v) is 9.24. The Morgan fingerprint density at radius 2 is 1.83 bits per heavy atom. The van der Waals surface area contributed by atoms with E-state index in [0.29, 0.717) is 25.6 Å². The Balaban J connectivity index is 0.000000370. The van der Waals surface area contributed by atoms with Gasteiger partial charge >= 0.3 is 18.1 Å². The van der Waals surface area contributed by atoms with Gasteiger partial charge in [0.15, 0.2) is 11.5 Å². The Labute approximate surface area is 167 Å². The van der Waals surface area contributed by atoms with E-state index in [9.17, 15) is 23.1 Å². The predicted molar refractivity (Wildman–Crippen MR) is 97.2 cm³/mol. The molecule has 158 valence electrons.